The van der Waals surface area contributed by atoms with Crippen LogP contribution in [0.15, 0.2) is 64.0 Å². The Balaban J connectivity index is 1.58. The average Bonchev–Trinajstić information content (AvgIpc) is 3.21. The molecule has 3 rings (SSSR count). The zero-order valence-electron chi connectivity index (χ0n) is 18.8. The van der Waals surface area contributed by atoms with Crippen molar-refractivity contribution >= 4 is 44.8 Å². The first kappa shape index (κ1) is 25.2. The third kappa shape index (κ3) is 7.03. The topological polar surface area (TPSA) is 123 Å². The molecule has 34 heavy (non-hydrogen) atoms. The van der Waals surface area contributed by atoms with E-state index >= 15 is 0 Å². The van der Waals surface area contributed by atoms with E-state index in [0.29, 0.717) is 29.4 Å². The van der Waals surface area contributed by atoms with E-state index < -0.39 is 15.9 Å². The van der Waals surface area contributed by atoms with Crippen LogP contribution in [0.4, 0.5) is 11.5 Å². The maximum Gasteiger partial charge on any atom is 0.263 e. The molecular formula is C23H26N4O5S2. The second kappa shape index (κ2) is 11.6. The SMILES string of the molecule is CCCCCOc1ccccc1C(=O)NC(=S)Nc1ccc(S(=O)(=O)Nc2cc(C)on2)cc1. The summed E-state index contributed by atoms with van der Waals surface area (Å²) >= 11 is 5.24. The molecule has 0 fully saturated rings. The van der Waals surface area contributed by atoms with Gasteiger partial charge in [-0.15, -0.1) is 0 Å². The molecule has 3 aromatic rings. The number of aryl methyl sites for hydroxylation is 1. The lowest BCUT2D eigenvalue weighted by Crippen LogP contribution is -2.34. The molecule has 0 saturated heterocycles. The van der Waals surface area contributed by atoms with Crippen LogP contribution in [-0.4, -0.2) is 31.2 Å². The Morgan fingerprint density at radius 1 is 1.12 bits per heavy atom. The number of thiocarbonyl (C=S) groups is 1. The highest BCUT2D eigenvalue weighted by molar-refractivity contribution is 7.92. The summed E-state index contributed by atoms with van der Waals surface area (Å²) in [5, 5.41) is 9.18. The van der Waals surface area contributed by atoms with Crippen LogP contribution in [0.1, 0.15) is 42.3 Å². The molecule has 180 valence electrons. The fourth-order valence-corrected chi connectivity index (χ4v) is 4.17. The Bertz CT molecular complexity index is 1240. The van der Waals surface area contributed by atoms with Crippen molar-refractivity contribution in [2.45, 2.75) is 38.0 Å². The number of carbonyl (C=O) groups is 1. The molecule has 0 spiro atoms. The first-order valence-electron chi connectivity index (χ1n) is 10.7. The molecule has 0 radical (unpaired) electrons. The average molecular weight is 503 g/mol. The molecule has 0 bridgehead atoms. The van der Waals surface area contributed by atoms with Crippen LogP contribution in [0.2, 0.25) is 0 Å². The molecule has 2 aromatic carbocycles. The van der Waals surface area contributed by atoms with Gasteiger partial charge in [0, 0.05) is 11.8 Å². The molecule has 0 aliphatic heterocycles. The van der Waals surface area contributed by atoms with Gasteiger partial charge in [0.1, 0.15) is 11.5 Å². The Morgan fingerprint density at radius 2 is 1.85 bits per heavy atom. The molecule has 11 heteroatoms. The van der Waals surface area contributed by atoms with Crippen molar-refractivity contribution in [2.24, 2.45) is 0 Å². The zero-order valence-corrected chi connectivity index (χ0v) is 20.5. The normalized spacial score (nSPS) is 11.0. The second-order valence-corrected chi connectivity index (χ2v) is 9.50. The highest BCUT2D eigenvalue weighted by atomic mass is 32.2. The number of para-hydroxylation sites is 1. The lowest BCUT2D eigenvalue weighted by atomic mass is 10.2. The maximum absolute atomic E-state index is 12.7. The molecule has 0 aliphatic carbocycles. The number of ether oxygens (including phenoxy) is 1. The number of amides is 1. The molecule has 1 amide bonds. The number of nitrogens with zero attached hydrogens (tertiary/aromatic N) is 1. The summed E-state index contributed by atoms with van der Waals surface area (Å²) < 4.78 is 37.9. The molecule has 1 heterocycles. The maximum atomic E-state index is 12.7. The van der Waals surface area contributed by atoms with Crippen molar-refractivity contribution in [3.05, 3.63) is 65.9 Å². The number of hydrogen-bond acceptors (Lipinski definition) is 7. The van der Waals surface area contributed by atoms with Crippen molar-refractivity contribution in [3.63, 3.8) is 0 Å². The summed E-state index contributed by atoms with van der Waals surface area (Å²) in [5.41, 5.74) is 0.879. The third-order valence-electron chi connectivity index (χ3n) is 4.65. The summed E-state index contributed by atoms with van der Waals surface area (Å²) in [6.07, 6.45) is 3.04. The monoisotopic (exact) mass is 502 g/mol. The Labute approximate surface area is 203 Å². The van der Waals surface area contributed by atoms with Gasteiger partial charge in [0.25, 0.3) is 15.9 Å². The molecule has 3 N–H and O–H groups in total. The number of benzene rings is 2. The minimum absolute atomic E-state index is 0.0304. The first-order valence-corrected chi connectivity index (χ1v) is 12.6. The zero-order chi connectivity index (χ0) is 24.6. The van der Waals surface area contributed by atoms with Crippen molar-refractivity contribution in [1.82, 2.24) is 10.5 Å². The summed E-state index contributed by atoms with van der Waals surface area (Å²) in [7, 11) is -3.83. The van der Waals surface area contributed by atoms with Crippen molar-refractivity contribution in [2.75, 3.05) is 16.6 Å². The fraction of sp³-hybridized carbons (Fsp3) is 0.261. The predicted molar refractivity (Wildman–Crippen MR) is 134 cm³/mol. The smallest absolute Gasteiger partial charge is 0.263 e. The number of aromatic nitrogens is 1. The van der Waals surface area contributed by atoms with Gasteiger partial charge in [-0.1, -0.05) is 37.1 Å². The van der Waals surface area contributed by atoms with E-state index in [1.54, 1.807) is 31.2 Å². The Kier molecular flexibility index (Phi) is 8.61. The van der Waals surface area contributed by atoms with Gasteiger partial charge in [0.15, 0.2) is 10.9 Å². The highest BCUT2D eigenvalue weighted by Gasteiger charge is 2.17. The summed E-state index contributed by atoms with van der Waals surface area (Å²) in [4.78, 5) is 12.7. The summed E-state index contributed by atoms with van der Waals surface area (Å²) in [5.74, 6) is 0.662. The molecule has 9 nitrogen and oxygen atoms in total. The van der Waals surface area contributed by atoms with Gasteiger partial charge in [-0.25, -0.2) is 8.42 Å². The van der Waals surface area contributed by atoms with E-state index in [0.717, 1.165) is 19.3 Å². The van der Waals surface area contributed by atoms with Crippen LogP contribution in [0.5, 0.6) is 5.75 Å². The van der Waals surface area contributed by atoms with Gasteiger partial charge in [-0.3, -0.25) is 14.8 Å². The standard InChI is InChI=1S/C23H26N4O5S2/c1-3-4-7-14-31-20-9-6-5-8-19(20)22(28)25-23(33)24-17-10-12-18(13-11-17)34(29,30)27-21-15-16(2)32-26-21/h5-6,8-13,15H,3-4,7,14H2,1-2H3,(H,26,27)(H2,24,25,28,33). The second-order valence-electron chi connectivity index (χ2n) is 7.41. The largest absolute Gasteiger partial charge is 0.493 e. The molecular weight excluding hydrogens is 476 g/mol. The number of anilines is 2. The van der Waals surface area contributed by atoms with E-state index in [-0.39, 0.29) is 15.8 Å². The molecule has 0 aliphatic rings. The van der Waals surface area contributed by atoms with Gasteiger partial charge in [-0.2, -0.15) is 0 Å². The fourth-order valence-electron chi connectivity index (χ4n) is 2.98. The van der Waals surface area contributed by atoms with E-state index in [9.17, 15) is 13.2 Å². The van der Waals surface area contributed by atoms with Crippen LogP contribution in [-0.2, 0) is 10.0 Å². The van der Waals surface area contributed by atoms with Crippen LogP contribution >= 0.6 is 12.2 Å². The number of carbonyl (C=O) groups excluding carboxylic acids is 1. The van der Waals surface area contributed by atoms with Crippen LogP contribution < -0.4 is 20.1 Å². The number of nitrogens with one attached hydrogen (secondary N) is 3. The minimum Gasteiger partial charge on any atom is -0.493 e. The van der Waals surface area contributed by atoms with Crippen molar-refractivity contribution in [3.8, 4) is 5.75 Å². The van der Waals surface area contributed by atoms with Crippen LogP contribution in [0, 0.1) is 6.92 Å². The minimum atomic E-state index is -3.83. The van der Waals surface area contributed by atoms with E-state index in [2.05, 4.69) is 27.4 Å². The van der Waals surface area contributed by atoms with Gasteiger partial charge in [-0.05, 0) is 62.0 Å². The van der Waals surface area contributed by atoms with Crippen LogP contribution in [0.3, 0.4) is 0 Å². The number of hydrogen-bond donors (Lipinski definition) is 3. The molecule has 0 atom stereocenters. The van der Waals surface area contributed by atoms with E-state index in [1.807, 2.05) is 0 Å². The highest BCUT2D eigenvalue weighted by Crippen LogP contribution is 2.20. The Morgan fingerprint density at radius 3 is 2.53 bits per heavy atom. The molecule has 1 aromatic heterocycles. The quantitative estimate of drug-likeness (QED) is 0.274. The van der Waals surface area contributed by atoms with Crippen molar-refractivity contribution in [1.29, 1.82) is 0 Å². The van der Waals surface area contributed by atoms with E-state index in [1.165, 1.54) is 30.3 Å². The van der Waals surface area contributed by atoms with Gasteiger partial charge in [0.05, 0.1) is 17.1 Å². The third-order valence-corrected chi connectivity index (χ3v) is 6.23. The first-order chi connectivity index (χ1) is 16.3. The predicted octanol–water partition coefficient (Wildman–Crippen LogP) is 4.48. The summed E-state index contributed by atoms with van der Waals surface area (Å²) in [6, 6.07) is 14.3. The van der Waals surface area contributed by atoms with Crippen LogP contribution in [0.25, 0.3) is 0 Å². The number of unbranched alkanes of at least 4 members (excludes halogenated alkanes) is 2. The lowest BCUT2D eigenvalue weighted by Gasteiger charge is -2.13. The number of sulfonamides is 1. The van der Waals surface area contributed by atoms with E-state index in [4.69, 9.17) is 21.5 Å². The summed E-state index contributed by atoms with van der Waals surface area (Å²) in [6.45, 7) is 4.30. The van der Waals surface area contributed by atoms with Gasteiger partial charge in [0.2, 0.25) is 0 Å². The lowest BCUT2D eigenvalue weighted by molar-refractivity contribution is 0.0973. The van der Waals surface area contributed by atoms with Gasteiger partial charge >= 0.3 is 0 Å². The molecule has 0 saturated carbocycles. The number of rotatable bonds is 10. The van der Waals surface area contributed by atoms with Crippen molar-refractivity contribution < 1.29 is 22.5 Å². The van der Waals surface area contributed by atoms with Gasteiger partial charge < -0.3 is 14.6 Å². The Hall–Kier alpha value is -3.44. The molecule has 0 unspecified atom stereocenters.